The summed E-state index contributed by atoms with van der Waals surface area (Å²) in [5, 5.41) is 9.94. The maximum Gasteiger partial charge on any atom is 0.222 e. The molecule has 2 aromatic carbocycles. The Balaban J connectivity index is 2.01. The lowest BCUT2D eigenvalue weighted by atomic mass is 9.81. The van der Waals surface area contributed by atoms with Gasteiger partial charge >= 0.3 is 0 Å². The molecular formula is C27H35FN2O4S. The van der Waals surface area contributed by atoms with Crippen LogP contribution in [-0.4, -0.2) is 34.7 Å². The first-order valence-corrected chi connectivity index (χ1v) is 12.9. The number of rotatable bonds is 10. The van der Waals surface area contributed by atoms with Gasteiger partial charge in [-0.3, -0.25) is 0 Å². The third-order valence-electron chi connectivity index (χ3n) is 6.08. The first-order valence-electron chi connectivity index (χ1n) is 11.8. The van der Waals surface area contributed by atoms with Gasteiger partial charge in [0.15, 0.2) is 0 Å². The molecular weight excluding hydrogens is 467 g/mol. The largest absolute Gasteiger partial charge is 0.598 e. The van der Waals surface area contributed by atoms with E-state index in [-0.39, 0.29) is 13.0 Å². The molecule has 6 nitrogen and oxygen atoms in total. The van der Waals surface area contributed by atoms with E-state index in [1.165, 1.54) is 12.1 Å². The predicted molar refractivity (Wildman–Crippen MR) is 134 cm³/mol. The average Bonchev–Trinajstić information content (AvgIpc) is 3.32. The number of ether oxygens (including phenoxy) is 3. The Morgan fingerprint density at radius 2 is 1.77 bits per heavy atom. The number of nitrogens with one attached hydrogen (secondary N) is 1. The van der Waals surface area contributed by atoms with Crippen molar-refractivity contribution < 1.29 is 23.2 Å². The van der Waals surface area contributed by atoms with Crippen LogP contribution >= 0.6 is 0 Å². The fourth-order valence-electron chi connectivity index (χ4n) is 3.86. The highest BCUT2D eigenvalue weighted by Crippen LogP contribution is 2.41. The highest BCUT2D eigenvalue weighted by molar-refractivity contribution is 7.90. The van der Waals surface area contributed by atoms with E-state index in [0.29, 0.717) is 18.8 Å². The average molecular weight is 503 g/mol. The summed E-state index contributed by atoms with van der Waals surface area (Å²) in [6.07, 6.45) is -0.486. The highest BCUT2D eigenvalue weighted by atomic mass is 32.2. The van der Waals surface area contributed by atoms with E-state index >= 15 is 0 Å². The third kappa shape index (κ3) is 6.82. The third-order valence-corrected chi connectivity index (χ3v) is 7.69. The van der Waals surface area contributed by atoms with Crippen LogP contribution in [0.5, 0.6) is 0 Å². The molecule has 3 atom stereocenters. The van der Waals surface area contributed by atoms with Gasteiger partial charge in [0, 0.05) is 23.3 Å². The minimum absolute atomic E-state index is 0.242. The van der Waals surface area contributed by atoms with E-state index in [9.17, 15) is 14.2 Å². The molecule has 1 saturated heterocycles. The van der Waals surface area contributed by atoms with Gasteiger partial charge in [-0.15, -0.1) is 4.72 Å². The van der Waals surface area contributed by atoms with Crippen molar-refractivity contribution in [2.45, 2.75) is 70.3 Å². The summed E-state index contributed by atoms with van der Waals surface area (Å²) in [6, 6.07) is 17.6. The minimum atomic E-state index is -1.43. The summed E-state index contributed by atoms with van der Waals surface area (Å²) in [7, 11) is 0. The molecule has 35 heavy (non-hydrogen) atoms. The van der Waals surface area contributed by atoms with E-state index < -0.39 is 45.3 Å². The van der Waals surface area contributed by atoms with Gasteiger partial charge in [0.1, 0.15) is 16.7 Å². The standard InChI is InChI=1S/C27H35FN2O4S/c1-25(2,3)35(31)30-23(26(4,5)19-29)17-24(32-18-20-10-7-6-8-11-20)27(33-14-15-34-27)21-12-9-13-22(28)16-21/h6-13,16,23-24,30H,14-15,17-18H2,1-5H3/t23-,24+,35?/m1/s1. The van der Waals surface area contributed by atoms with Crippen molar-refractivity contribution in [1.29, 1.82) is 5.26 Å². The van der Waals surface area contributed by atoms with Crippen LogP contribution in [-0.2, 0) is 38.0 Å². The Bertz CT molecular complexity index is 1000. The molecule has 1 N–H and O–H groups in total. The van der Waals surface area contributed by atoms with Crippen LogP contribution in [0.25, 0.3) is 0 Å². The lowest BCUT2D eigenvalue weighted by Crippen LogP contribution is -2.54. The molecule has 1 fully saturated rings. The van der Waals surface area contributed by atoms with E-state index in [1.807, 2.05) is 51.1 Å². The molecule has 2 aromatic rings. The Hall–Kier alpha value is -1.99. The number of hydrogen-bond acceptors (Lipinski definition) is 6. The zero-order valence-corrected chi connectivity index (χ0v) is 21.9. The maximum absolute atomic E-state index is 14.3. The SMILES string of the molecule is CC(C)(C#N)[C@@H](C[C@H](OCc1ccccc1)C1(c2cccc(F)c2)OCCO1)N[S+]([O-])C(C)(C)C. The smallest absolute Gasteiger partial charge is 0.222 e. The van der Waals surface area contributed by atoms with Gasteiger partial charge in [0.2, 0.25) is 5.79 Å². The van der Waals surface area contributed by atoms with Crippen LogP contribution in [0.4, 0.5) is 4.39 Å². The van der Waals surface area contributed by atoms with Crippen molar-refractivity contribution in [2.75, 3.05) is 13.2 Å². The zero-order valence-electron chi connectivity index (χ0n) is 21.0. The quantitative estimate of drug-likeness (QED) is 0.462. The van der Waals surface area contributed by atoms with Crippen LogP contribution < -0.4 is 4.72 Å². The predicted octanol–water partition coefficient (Wildman–Crippen LogP) is 4.97. The fourth-order valence-corrected chi connectivity index (χ4v) is 4.87. The van der Waals surface area contributed by atoms with Gasteiger partial charge in [-0.25, -0.2) is 4.39 Å². The van der Waals surface area contributed by atoms with Gasteiger partial charge in [-0.2, -0.15) is 5.26 Å². The van der Waals surface area contributed by atoms with Gasteiger partial charge in [-0.1, -0.05) is 42.5 Å². The molecule has 1 unspecified atom stereocenters. The zero-order chi connectivity index (χ0) is 25.7. The van der Waals surface area contributed by atoms with E-state index in [4.69, 9.17) is 14.2 Å². The Morgan fingerprint density at radius 1 is 1.11 bits per heavy atom. The minimum Gasteiger partial charge on any atom is -0.598 e. The van der Waals surface area contributed by atoms with Crippen molar-refractivity contribution in [1.82, 2.24) is 4.72 Å². The lowest BCUT2D eigenvalue weighted by molar-refractivity contribution is -0.249. The van der Waals surface area contributed by atoms with Crippen LogP contribution in [0.2, 0.25) is 0 Å². The molecule has 0 radical (unpaired) electrons. The summed E-state index contributed by atoms with van der Waals surface area (Å²) >= 11 is -1.43. The van der Waals surface area contributed by atoms with Crippen LogP contribution in [0, 0.1) is 22.6 Å². The van der Waals surface area contributed by atoms with Gasteiger partial charge < -0.3 is 18.8 Å². The van der Waals surface area contributed by atoms with Crippen molar-refractivity contribution in [3.63, 3.8) is 0 Å². The first kappa shape index (κ1) is 27.6. The number of halogens is 1. The Labute approximate surface area is 211 Å². The highest BCUT2D eigenvalue weighted by Gasteiger charge is 2.50. The summed E-state index contributed by atoms with van der Waals surface area (Å²) in [4.78, 5) is 0. The van der Waals surface area contributed by atoms with Crippen molar-refractivity contribution in [2.24, 2.45) is 5.41 Å². The molecule has 0 spiro atoms. The van der Waals surface area contributed by atoms with Crippen LogP contribution in [0.3, 0.4) is 0 Å². The first-order chi connectivity index (χ1) is 16.5. The monoisotopic (exact) mass is 502 g/mol. The maximum atomic E-state index is 14.3. The second-order valence-corrected chi connectivity index (χ2v) is 12.3. The second-order valence-electron chi connectivity index (χ2n) is 10.3. The molecule has 1 aliphatic rings. The number of nitriles is 1. The lowest BCUT2D eigenvalue weighted by Gasteiger charge is -2.40. The van der Waals surface area contributed by atoms with Gasteiger partial charge in [0.25, 0.3) is 0 Å². The summed E-state index contributed by atoms with van der Waals surface area (Å²) in [6.45, 7) is 10.1. The molecule has 0 bridgehead atoms. The van der Waals surface area contributed by atoms with Crippen molar-refractivity contribution in [3.05, 3.63) is 71.5 Å². The molecule has 0 aliphatic carbocycles. The summed E-state index contributed by atoms with van der Waals surface area (Å²) in [5.41, 5.74) is 0.558. The molecule has 1 aliphatic heterocycles. The van der Waals surface area contributed by atoms with Crippen molar-refractivity contribution in [3.8, 4) is 6.07 Å². The second kappa shape index (κ2) is 11.4. The Kier molecular flexibility index (Phi) is 8.97. The topological polar surface area (TPSA) is 86.6 Å². The number of benzene rings is 2. The number of nitrogens with zero attached hydrogens (tertiary/aromatic N) is 1. The van der Waals surface area contributed by atoms with Gasteiger partial charge in [0.05, 0.1) is 37.3 Å². The van der Waals surface area contributed by atoms with Crippen molar-refractivity contribution >= 4 is 11.4 Å². The van der Waals surface area contributed by atoms with E-state index in [1.54, 1.807) is 26.0 Å². The number of hydrogen-bond donors (Lipinski definition) is 1. The molecule has 8 heteroatoms. The molecule has 0 saturated carbocycles. The molecule has 190 valence electrons. The Morgan fingerprint density at radius 3 is 2.34 bits per heavy atom. The van der Waals surface area contributed by atoms with Crippen LogP contribution in [0.15, 0.2) is 54.6 Å². The van der Waals surface area contributed by atoms with E-state index in [0.717, 1.165) is 5.56 Å². The summed E-state index contributed by atoms with van der Waals surface area (Å²) in [5.74, 6) is -1.78. The molecule has 1 heterocycles. The van der Waals surface area contributed by atoms with Crippen LogP contribution in [0.1, 0.15) is 52.2 Å². The van der Waals surface area contributed by atoms with Gasteiger partial charge in [-0.05, 0) is 52.3 Å². The summed E-state index contributed by atoms with van der Waals surface area (Å²) < 4.78 is 48.7. The molecule has 0 aromatic heterocycles. The molecule has 0 amide bonds. The fraction of sp³-hybridized carbons (Fsp3) is 0.519. The molecule has 3 rings (SSSR count). The normalized spacial score (nSPS) is 18.6. The van der Waals surface area contributed by atoms with E-state index in [2.05, 4.69) is 10.8 Å².